The second kappa shape index (κ2) is 8.07. The molecule has 0 unspecified atom stereocenters. The maximum Gasteiger partial charge on any atom is 0.295 e. The summed E-state index contributed by atoms with van der Waals surface area (Å²) in [5.74, 6) is 0.738. The Hall–Kier alpha value is -2.93. The molecule has 0 bridgehead atoms. The zero-order valence-electron chi connectivity index (χ0n) is 17.5. The number of carbonyl (C=O) groups excluding carboxylic acids is 1. The van der Waals surface area contributed by atoms with E-state index >= 15 is 0 Å². The number of para-hydroxylation sites is 1. The third-order valence-electron chi connectivity index (χ3n) is 5.39. The van der Waals surface area contributed by atoms with Crippen molar-refractivity contribution in [2.75, 3.05) is 11.5 Å². The molecule has 2 heterocycles. The zero-order valence-corrected chi connectivity index (χ0v) is 18.3. The van der Waals surface area contributed by atoms with Gasteiger partial charge in [-0.25, -0.2) is 4.68 Å². The minimum absolute atomic E-state index is 0.0510. The van der Waals surface area contributed by atoms with Gasteiger partial charge in [-0.3, -0.25) is 19.2 Å². The van der Waals surface area contributed by atoms with Crippen LogP contribution in [0.5, 0.6) is 5.75 Å². The Morgan fingerprint density at radius 3 is 2.33 bits per heavy atom. The number of ether oxygens (including phenoxy) is 1. The fourth-order valence-corrected chi connectivity index (χ4v) is 5.07. The minimum Gasteiger partial charge on any atom is -0.494 e. The van der Waals surface area contributed by atoms with Crippen molar-refractivity contribution in [2.45, 2.75) is 31.4 Å². The summed E-state index contributed by atoms with van der Waals surface area (Å²) in [5.41, 5.74) is 2.73. The van der Waals surface area contributed by atoms with Gasteiger partial charge in [-0.15, -0.1) is 11.8 Å². The molecule has 0 radical (unpaired) electrons. The number of hydrogen-bond donors (Lipinski definition) is 0. The van der Waals surface area contributed by atoms with E-state index in [0.29, 0.717) is 12.3 Å². The molecule has 4 rings (SSSR count). The fraction of sp³-hybridized carbons (Fsp3) is 0.304. The molecule has 156 valence electrons. The third kappa shape index (κ3) is 3.33. The third-order valence-corrected chi connectivity index (χ3v) is 6.74. The maximum absolute atomic E-state index is 13.5. The number of rotatable bonds is 5. The van der Waals surface area contributed by atoms with Gasteiger partial charge in [-0.05, 0) is 50.6 Å². The number of benzene rings is 2. The molecule has 1 fully saturated rings. The van der Waals surface area contributed by atoms with Crippen LogP contribution in [0.4, 0.5) is 5.69 Å². The van der Waals surface area contributed by atoms with Gasteiger partial charge in [-0.2, -0.15) is 0 Å². The van der Waals surface area contributed by atoms with Crippen molar-refractivity contribution in [2.24, 2.45) is 7.05 Å². The Morgan fingerprint density at radius 1 is 1.03 bits per heavy atom. The first kappa shape index (κ1) is 20.3. The molecule has 2 atom stereocenters. The summed E-state index contributed by atoms with van der Waals surface area (Å²) in [4.78, 5) is 28.3. The second-order valence-corrected chi connectivity index (χ2v) is 8.68. The van der Waals surface area contributed by atoms with Crippen LogP contribution in [0.15, 0.2) is 59.4 Å². The van der Waals surface area contributed by atoms with E-state index in [1.54, 1.807) is 21.3 Å². The molecular formula is C23H25N3O3S. The van der Waals surface area contributed by atoms with Crippen molar-refractivity contribution in [3.8, 4) is 11.4 Å². The van der Waals surface area contributed by atoms with E-state index in [1.807, 2.05) is 87.1 Å². The van der Waals surface area contributed by atoms with Crippen molar-refractivity contribution < 1.29 is 9.53 Å². The molecule has 1 aliphatic rings. The summed E-state index contributed by atoms with van der Waals surface area (Å²) in [6.07, 6.45) is 0. The predicted octanol–water partition coefficient (Wildman–Crippen LogP) is 4.05. The number of nitrogens with zero attached hydrogens (tertiary/aromatic N) is 3. The van der Waals surface area contributed by atoms with Crippen LogP contribution in [0.2, 0.25) is 0 Å². The molecule has 3 aromatic rings. The standard InChI is InChI=1S/C23H25N3O3S/c1-5-29-19-13-11-17(12-14-19)23-25(21(27)16(3)30-23)20-15(2)24(4)26(22(20)28)18-9-7-6-8-10-18/h6-14,16,23H,5H2,1-4H3/t16-,23+/m1/s1. The number of carbonyl (C=O) groups is 1. The highest BCUT2D eigenvalue weighted by atomic mass is 32.2. The van der Waals surface area contributed by atoms with Gasteiger partial charge in [0, 0.05) is 7.05 Å². The SMILES string of the molecule is CCOc1ccc([C@@H]2S[C@H](C)C(=O)N2c2c(C)n(C)n(-c3ccccc3)c2=O)cc1. The van der Waals surface area contributed by atoms with Crippen LogP contribution in [0.25, 0.3) is 5.69 Å². The van der Waals surface area contributed by atoms with Gasteiger partial charge in [0.05, 0.1) is 23.2 Å². The Morgan fingerprint density at radius 2 is 1.70 bits per heavy atom. The molecule has 7 heteroatoms. The topological polar surface area (TPSA) is 56.5 Å². The maximum atomic E-state index is 13.5. The lowest BCUT2D eigenvalue weighted by Crippen LogP contribution is -2.34. The van der Waals surface area contributed by atoms with Gasteiger partial charge in [0.1, 0.15) is 16.8 Å². The van der Waals surface area contributed by atoms with Gasteiger partial charge < -0.3 is 4.74 Å². The fourth-order valence-electron chi connectivity index (χ4n) is 3.81. The largest absolute Gasteiger partial charge is 0.494 e. The van der Waals surface area contributed by atoms with E-state index in [0.717, 1.165) is 22.7 Å². The Kier molecular flexibility index (Phi) is 5.47. The van der Waals surface area contributed by atoms with Crippen molar-refractivity contribution in [3.05, 3.63) is 76.2 Å². The second-order valence-electron chi connectivity index (χ2n) is 7.25. The highest BCUT2D eigenvalue weighted by molar-refractivity contribution is 8.01. The summed E-state index contributed by atoms with van der Waals surface area (Å²) < 4.78 is 8.96. The molecule has 1 aromatic heterocycles. The Labute approximate surface area is 180 Å². The van der Waals surface area contributed by atoms with Crippen LogP contribution < -0.4 is 15.2 Å². The van der Waals surface area contributed by atoms with Crippen LogP contribution >= 0.6 is 11.8 Å². The van der Waals surface area contributed by atoms with E-state index in [4.69, 9.17) is 4.74 Å². The summed E-state index contributed by atoms with van der Waals surface area (Å²) in [5, 5.41) is -0.494. The van der Waals surface area contributed by atoms with Crippen LogP contribution in [0.3, 0.4) is 0 Å². The zero-order chi connectivity index (χ0) is 21.4. The molecule has 1 aliphatic heterocycles. The number of thioether (sulfide) groups is 1. The van der Waals surface area contributed by atoms with E-state index in [9.17, 15) is 9.59 Å². The number of aromatic nitrogens is 2. The number of hydrogen-bond acceptors (Lipinski definition) is 4. The lowest BCUT2D eigenvalue weighted by molar-refractivity contribution is -0.117. The van der Waals surface area contributed by atoms with Crippen LogP contribution in [-0.4, -0.2) is 27.1 Å². The highest BCUT2D eigenvalue weighted by Gasteiger charge is 2.42. The average molecular weight is 424 g/mol. The van der Waals surface area contributed by atoms with Crippen molar-refractivity contribution in [1.82, 2.24) is 9.36 Å². The first-order valence-corrected chi connectivity index (χ1v) is 10.9. The van der Waals surface area contributed by atoms with Crippen molar-refractivity contribution >= 4 is 23.4 Å². The normalized spacial score (nSPS) is 18.8. The van der Waals surface area contributed by atoms with Crippen LogP contribution in [0.1, 0.15) is 30.5 Å². The number of amides is 1. The average Bonchev–Trinajstić information content (AvgIpc) is 3.16. The molecule has 0 spiro atoms. The lowest BCUT2D eigenvalue weighted by Gasteiger charge is -2.23. The lowest BCUT2D eigenvalue weighted by atomic mass is 10.1. The van der Waals surface area contributed by atoms with E-state index < -0.39 is 0 Å². The first-order chi connectivity index (χ1) is 14.4. The highest BCUT2D eigenvalue weighted by Crippen LogP contribution is 2.45. The van der Waals surface area contributed by atoms with Gasteiger partial charge in [0.2, 0.25) is 5.91 Å². The summed E-state index contributed by atoms with van der Waals surface area (Å²) in [6, 6.07) is 17.2. The Bertz CT molecular complexity index is 1120. The Balaban J connectivity index is 1.81. The molecule has 1 saturated heterocycles. The molecule has 0 aliphatic carbocycles. The van der Waals surface area contributed by atoms with Crippen molar-refractivity contribution in [3.63, 3.8) is 0 Å². The predicted molar refractivity (Wildman–Crippen MR) is 121 cm³/mol. The van der Waals surface area contributed by atoms with Gasteiger partial charge in [0.15, 0.2) is 0 Å². The van der Waals surface area contributed by atoms with Gasteiger partial charge in [-0.1, -0.05) is 30.3 Å². The molecule has 2 aromatic carbocycles. The quantitative estimate of drug-likeness (QED) is 0.621. The summed E-state index contributed by atoms with van der Waals surface area (Å²) in [7, 11) is 1.84. The van der Waals surface area contributed by atoms with Gasteiger partial charge >= 0.3 is 0 Å². The smallest absolute Gasteiger partial charge is 0.295 e. The van der Waals surface area contributed by atoms with E-state index in [-0.39, 0.29) is 22.1 Å². The van der Waals surface area contributed by atoms with Gasteiger partial charge in [0.25, 0.3) is 5.56 Å². The van der Waals surface area contributed by atoms with E-state index in [1.165, 1.54) is 0 Å². The first-order valence-electron chi connectivity index (χ1n) is 9.99. The summed E-state index contributed by atoms with van der Waals surface area (Å²) >= 11 is 1.56. The summed E-state index contributed by atoms with van der Waals surface area (Å²) in [6.45, 7) is 6.31. The molecule has 0 saturated carbocycles. The van der Waals surface area contributed by atoms with E-state index in [2.05, 4.69) is 0 Å². The molecule has 30 heavy (non-hydrogen) atoms. The molecule has 0 N–H and O–H groups in total. The molecule has 1 amide bonds. The minimum atomic E-state index is -0.263. The van der Waals surface area contributed by atoms with Crippen molar-refractivity contribution in [1.29, 1.82) is 0 Å². The van der Waals surface area contributed by atoms with Crippen LogP contribution in [0, 0.1) is 6.92 Å². The number of anilines is 1. The molecule has 6 nitrogen and oxygen atoms in total. The van der Waals surface area contributed by atoms with Crippen LogP contribution in [-0.2, 0) is 11.8 Å². The molecular weight excluding hydrogens is 398 g/mol. The monoisotopic (exact) mass is 423 g/mol.